The van der Waals surface area contributed by atoms with Gasteiger partial charge in [-0.3, -0.25) is 14.9 Å². The van der Waals surface area contributed by atoms with Crippen LogP contribution >= 0.6 is 12.2 Å². The van der Waals surface area contributed by atoms with E-state index in [2.05, 4.69) is 34.7 Å². The molecule has 0 aliphatic rings. The Morgan fingerprint density at radius 2 is 1.65 bits per heavy atom. The van der Waals surface area contributed by atoms with Crippen LogP contribution in [0.25, 0.3) is 6.08 Å². The van der Waals surface area contributed by atoms with Gasteiger partial charge in [-0.1, -0.05) is 43.7 Å². The molecule has 3 N–H and O–H groups in total. The molecule has 0 aliphatic carbocycles. The van der Waals surface area contributed by atoms with Crippen LogP contribution in [0.15, 0.2) is 54.6 Å². The zero-order chi connectivity index (χ0) is 22.6. The van der Waals surface area contributed by atoms with Gasteiger partial charge < -0.3 is 15.5 Å². The van der Waals surface area contributed by atoms with Gasteiger partial charge in [0.05, 0.1) is 0 Å². The summed E-state index contributed by atoms with van der Waals surface area (Å²) in [6, 6.07) is 14.8. The van der Waals surface area contributed by atoms with Crippen molar-refractivity contribution in [2.24, 2.45) is 0 Å². The second kappa shape index (κ2) is 12.6. The Morgan fingerprint density at radius 3 is 2.26 bits per heavy atom. The van der Waals surface area contributed by atoms with Crippen molar-refractivity contribution >= 4 is 40.9 Å². The number of thiocarbonyl (C=S) groups is 1. The van der Waals surface area contributed by atoms with Gasteiger partial charge in [0.2, 0.25) is 5.91 Å². The number of hydrogen-bond donors (Lipinski definition) is 3. The summed E-state index contributed by atoms with van der Waals surface area (Å²) in [6.45, 7) is 9.57. The summed E-state index contributed by atoms with van der Waals surface area (Å²) in [7, 11) is 0. The van der Waals surface area contributed by atoms with E-state index in [9.17, 15) is 9.59 Å². The second-order valence-corrected chi connectivity index (χ2v) is 7.46. The number of hydrogen-bond acceptors (Lipinski definition) is 4. The van der Waals surface area contributed by atoms with Crippen LogP contribution in [-0.4, -0.2) is 48.0 Å². The van der Waals surface area contributed by atoms with Gasteiger partial charge in [0.15, 0.2) is 5.11 Å². The molecule has 0 aliphatic heterocycles. The predicted molar refractivity (Wildman–Crippen MR) is 131 cm³/mol. The van der Waals surface area contributed by atoms with E-state index in [1.54, 1.807) is 30.3 Å². The highest BCUT2D eigenvalue weighted by Gasteiger charge is 2.07. The standard InChI is InChI=1S/C24H30N4O2S/c1-4-28(5-2)17-16-25-23(30)20-11-13-21(14-12-20)26-24(31)27-22(29)15-10-19-8-6-18(3)7-9-19/h6-15H,4-5,16-17H2,1-3H3,(H,25,30)(H2,26,27,29,31)/b15-10+. The average molecular weight is 439 g/mol. The Morgan fingerprint density at radius 1 is 1.00 bits per heavy atom. The number of nitrogens with one attached hydrogen (secondary N) is 3. The van der Waals surface area contributed by atoms with E-state index in [1.165, 1.54) is 6.08 Å². The number of amides is 2. The molecule has 0 bridgehead atoms. The Labute approximate surface area is 189 Å². The molecule has 0 saturated heterocycles. The summed E-state index contributed by atoms with van der Waals surface area (Å²) in [5, 5.41) is 8.67. The van der Waals surface area contributed by atoms with Gasteiger partial charge in [-0.2, -0.15) is 0 Å². The van der Waals surface area contributed by atoms with Crippen LogP contribution in [0.1, 0.15) is 35.3 Å². The Balaban J connectivity index is 1.79. The zero-order valence-corrected chi connectivity index (χ0v) is 19.1. The summed E-state index contributed by atoms with van der Waals surface area (Å²) in [6.07, 6.45) is 3.16. The molecule has 2 rings (SSSR count). The third-order valence-corrected chi connectivity index (χ3v) is 4.96. The molecule has 7 heteroatoms. The number of carbonyl (C=O) groups is 2. The lowest BCUT2D eigenvalue weighted by Gasteiger charge is -2.18. The van der Waals surface area contributed by atoms with Crippen LogP contribution in [-0.2, 0) is 4.79 Å². The van der Waals surface area contributed by atoms with Crippen LogP contribution in [0.4, 0.5) is 5.69 Å². The SMILES string of the molecule is CCN(CC)CCNC(=O)c1ccc(NC(=S)NC(=O)/C=C/c2ccc(C)cc2)cc1. The third kappa shape index (κ3) is 8.70. The topological polar surface area (TPSA) is 73.5 Å². The minimum atomic E-state index is -0.317. The molecular formula is C24H30N4O2S. The van der Waals surface area contributed by atoms with E-state index in [-0.39, 0.29) is 16.9 Å². The van der Waals surface area contributed by atoms with Crippen LogP contribution in [0.3, 0.4) is 0 Å². The summed E-state index contributed by atoms with van der Waals surface area (Å²) in [5.41, 5.74) is 3.36. The Bertz CT molecular complexity index is 904. The summed E-state index contributed by atoms with van der Waals surface area (Å²) in [4.78, 5) is 26.5. The maximum absolute atomic E-state index is 12.2. The van der Waals surface area contributed by atoms with Gasteiger partial charge >= 0.3 is 0 Å². The molecule has 0 heterocycles. The molecule has 0 spiro atoms. The lowest BCUT2D eigenvalue weighted by atomic mass is 10.1. The summed E-state index contributed by atoms with van der Waals surface area (Å²) >= 11 is 5.19. The van der Waals surface area contributed by atoms with Crippen LogP contribution in [0.5, 0.6) is 0 Å². The molecule has 2 aromatic carbocycles. The number of nitrogens with zero attached hydrogens (tertiary/aromatic N) is 1. The fraction of sp³-hybridized carbons (Fsp3) is 0.292. The molecule has 164 valence electrons. The van der Waals surface area contributed by atoms with Gasteiger partial charge in [-0.25, -0.2) is 0 Å². The van der Waals surface area contributed by atoms with Gasteiger partial charge in [0.25, 0.3) is 5.91 Å². The van der Waals surface area contributed by atoms with Crippen molar-refractivity contribution < 1.29 is 9.59 Å². The quantitative estimate of drug-likeness (QED) is 0.412. The summed E-state index contributed by atoms with van der Waals surface area (Å²) in [5.74, 6) is -0.432. The molecule has 0 aromatic heterocycles. The van der Waals surface area contributed by atoms with Crippen molar-refractivity contribution in [3.8, 4) is 0 Å². The lowest BCUT2D eigenvalue weighted by Crippen LogP contribution is -2.34. The largest absolute Gasteiger partial charge is 0.351 e. The van der Waals surface area contributed by atoms with Crippen LogP contribution < -0.4 is 16.0 Å². The zero-order valence-electron chi connectivity index (χ0n) is 18.3. The Kier molecular flexibility index (Phi) is 9.87. The number of carbonyl (C=O) groups excluding carboxylic acids is 2. The van der Waals surface area contributed by atoms with Gasteiger partial charge in [-0.15, -0.1) is 0 Å². The first kappa shape index (κ1) is 24.2. The van der Waals surface area contributed by atoms with E-state index in [4.69, 9.17) is 12.2 Å². The first-order valence-corrected chi connectivity index (χ1v) is 10.8. The molecule has 0 unspecified atom stereocenters. The average Bonchev–Trinajstić information content (AvgIpc) is 2.76. The van der Waals surface area contributed by atoms with Crippen molar-refractivity contribution in [1.29, 1.82) is 0 Å². The predicted octanol–water partition coefficient (Wildman–Crippen LogP) is 3.59. The minimum Gasteiger partial charge on any atom is -0.351 e. The number of likely N-dealkylation sites (N-methyl/N-ethyl adjacent to an activating group) is 1. The van der Waals surface area contributed by atoms with Crippen LogP contribution in [0.2, 0.25) is 0 Å². The molecule has 0 saturated carbocycles. The first-order chi connectivity index (χ1) is 14.9. The first-order valence-electron chi connectivity index (χ1n) is 10.4. The van der Waals surface area contributed by atoms with Gasteiger partial charge in [-0.05, 0) is 68.1 Å². The smallest absolute Gasteiger partial charge is 0.251 e. The summed E-state index contributed by atoms with van der Waals surface area (Å²) < 4.78 is 0. The van der Waals surface area contributed by atoms with Gasteiger partial charge in [0.1, 0.15) is 0 Å². The van der Waals surface area contributed by atoms with Crippen molar-refractivity contribution in [3.63, 3.8) is 0 Å². The molecule has 2 aromatic rings. The number of anilines is 1. The fourth-order valence-electron chi connectivity index (χ4n) is 2.84. The molecule has 0 radical (unpaired) electrons. The highest BCUT2D eigenvalue weighted by molar-refractivity contribution is 7.80. The van der Waals surface area contributed by atoms with Crippen molar-refractivity contribution in [2.75, 3.05) is 31.5 Å². The molecular weight excluding hydrogens is 408 g/mol. The van der Waals surface area contributed by atoms with Gasteiger partial charge in [0, 0.05) is 30.4 Å². The molecule has 31 heavy (non-hydrogen) atoms. The number of benzene rings is 2. The van der Waals surface area contributed by atoms with Crippen molar-refractivity contribution in [1.82, 2.24) is 15.5 Å². The van der Waals surface area contributed by atoms with Crippen LogP contribution in [0, 0.1) is 6.92 Å². The fourth-order valence-corrected chi connectivity index (χ4v) is 3.06. The molecule has 2 amide bonds. The van der Waals surface area contributed by atoms with E-state index < -0.39 is 0 Å². The highest BCUT2D eigenvalue weighted by atomic mass is 32.1. The third-order valence-electron chi connectivity index (χ3n) is 4.75. The highest BCUT2D eigenvalue weighted by Crippen LogP contribution is 2.10. The lowest BCUT2D eigenvalue weighted by molar-refractivity contribution is -0.115. The van der Waals surface area contributed by atoms with Crippen molar-refractivity contribution in [2.45, 2.75) is 20.8 Å². The van der Waals surface area contributed by atoms with E-state index in [0.717, 1.165) is 30.8 Å². The number of aryl methyl sites for hydroxylation is 1. The molecule has 6 nitrogen and oxygen atoms in total. The normalized spacial score (nSPS) is 10.8. The minimum absolute atomic E-state index is 0.115. The maximum Gasteiger partial charge on any atom is 0.251 e. The monoisotopic (exact) mass is 438 g/mol. The van der Waals surface area contributed by atoms with Crippen molar-refractivity contribution in [3.05, 3.63) is 71.3 Å². The second-order valence-electron chi connectivity index (χ2n) is 7.05. The Hall–Kier alpha value is -3.03. The maximum atomic E-state index is 12.2. The van der Waals surface area contributed by atoms with E-state index in [1.807, 2.05) is 31.2 Å². The number of rotatable bonds is 9. The molecule has 0 fully saturated rings. The van der Waals surface area contributed by atoms with E-state index in [0.29, 0.717) is 17.8 Å². The molecule has 0 atom stereocenters. The van der Waals surface area contributed by atoms with E-state index >= 15 is 0 Å².